The Morgan fingerprint density at radius 2 is 1.50 bits per heavy atom. The molecule has 0 spiro atoms. The van der Waals surface area contributed by atoms with Gasteiger partial charge in [-0.15, -0.1) is 0 Å². The van der Waals surface area contributed by atoms with Crippen molar-refractivity contribution in [1.29, 1.82) is 0 Å². The Labute approximate surface area is 204 Å². The number of hydrogen-bond donors (Lipinski definition) is 1. The van der Waals surface area contributed by atoms with Crippen molar-refractivity contribution in [2.45, 2.75) is 83.7 Å². The molecule has 1 N–H and O–H groups in total. The zero-order chi connectivity index (χ0) is 26.2. The molecule has 1 amide bonds. The second-order valence-electron chi connectivity index (χ2n) is 9.76. The Hall–Kier alpha value is -2.10. The molecule has 0 saturated heterocycles. The number of nitrogens with one attached hydrogen (secondary N) is 1. The normalized spacial score (nSPS) is 14.2. The fourth-order valence-corrected chi connectivity index (χ4v) is 4.03. The van der Waals surface area contributed by atoms with Crippen LogP contribution in [0.25, 0.3) is 0 Å². The number of rotatable bonds is 10. The summed E-state index contributed by atoms with van der Waals surface area (Å²) >= 11 is 1.27. The average molecular weight is 508 g/mol. The van der Waals surface area contributed by atoms with Crippen LogP contribution >= 0.6 is 11.8 Å². The molecular weight excluding hydrogens is 471 g/mol. The minimum Gasteiger partial charge on any atom is -0.496 e. The summed E-state index contributed by atoms with van der Waals surface area (Å²) in [5.74, 6) is -1.55. The van der Waals surface area contributed by atoms with Gasteiger partial charge in [0, 0.05) is 5.56 Å². The number of esters is 1. The highest BCUT2D eigenvalue weighted by Crippen LogP contribution is 2.41. The van der Waals surface area contributed by atoms with E-state index < -0.39 is 41.4 Å². The number of carbonyl (C=O) groups is 2. The van der Waals surface area contributed by atoms with Gasteiger partial charge in [-0.1, -0.05) is 18.2 Å². The summed E-state index contributed by atoms with van der Waals surface area (Å²) in [4.78, 5) is 24.7. The van der Waals surface area contributed by atoms with Gasteiger partial charge in [-0.3, -0.25) is 0 Å². The summed E-state index contributed by atoms with van der Waals surface area (Å²) in [6.45, 7) is 10.2. The second kappa shape index (κ2) is 12.6. The molecule has 1 aromatic carbocycles. The maximum atomic E-state index is 13.7. The molecule has 194 valence electrons. The number of halogens is 3. The first-order valence-corrected chi connectivity index (χ1v) is 12.2. The Morgan fingerprint density at radius 1 is 0.941 bits per heavy atom. The first-order chi connectivity index (χ1) is 15.5. The van der Waals surface area contributed by atoms with Crippen LogP contribution in [-0.2, 0) is 14.3 Å². The van der Waals surface area contributed by atoms with E-state index in [4.69, 9.17) is 14.2 Å². The lowest BCUT2D eigenvalue weighted by molar-refractivity contribution is -0.157. The van der Waals surface area contributed by atoms with Crippen LogP contribution in [0, 0.1) is 0 Å². The van der Waals surface area contributed by atoms with E-state index in [9.17, 15) is 22.8 Å². The molecule has 1 rings (SSSR count). The molecule has 0 saturated carbocycles. The van der Waals surface area contributed by atoms with Gasteiger partial charge in [0.2, 0.25) is 0 Å². The Morgan fingerprint density at radius 3 is 2.03 bits per heavy atom. The molecule has 0 bridgehead atoms. The Balaban J connectivity index is 2.75. The van der Waals surface area contributed by atoms with Crippen molar-refractivity contribution < 1.29 is 37.0 Å². The molecule has 0 aliphatic heterocycles. The van der Waals surface area contributed by atoms with Crippen molar-refractivity contribution in [3.63, 3.8) is 0 Å². The van der Waals surface area contributed by atoms with E-state index in [1.54, 1.807) is 53.7 Å². The van der Waals surface area contributed by atoms with E-state index in [2.05, 4.69) is 5.32 Å². The highest BCUT2D eigenvalue weighted by atomic mass is 32.2. The van der Waals surface area contributed by atoms with Crippen molar-refractivity contribution in [2.24, 2.45) is 0 Å². The van der Waals surface area contributed by atoms with Gasteiger partial charge in [0.05, 0.1) is 13.0 Å². The van der Waals surface area contributed by atoms with Gasteiger partial charge >= 0.3 is 18.2 Å². The maximum absolute atomic E-state index is 13.7. The first-order valence-electron chi connectivity index (χ1n) is 11.0. The topological polar surface area (TPSA) is 73.9 Å². The van der Waals surface area contributed by atoms with Crippen LogP contribution in [0.15, 0.2) is 24.3 Å². The lowest BCUT2D eigenvalue weighted by atomic mass is 9.95. The highest BCUT2D eigenvalue weighted by Gasteiger charge is 2.41. The van der Waals surface area contributed by atoms with E-state index in [0.29, 0.717) is 5.75 Å². The largest absolute Gasteiger partial charge is 0.496 e. The molecule has 0 radical (unpaired) electrons. The summed E-state index contributed by atoms with van der Waals surface area (Å²) < 4.78 is 56.8. The zero-order valence-electron chi connectivity index (χ0n) is 20.9. The Bertz CT molecular complexity index is 803. The summed E-state index contributed by atoms with van der Waals surface area (Å²) in [5, 5.41) is 2.52. The van der Waals surface area contributed by atoms with Crippen LogP contribution in [0.5, 0.6) is 5.75 Å². The molecule has 0 aliphatic rings. The van der Waals surface area contributed by atoms with Crippen molar-refractivity contribution in [3.05, 3.63) is 29.8 Å². The third-order valence-corrected chi connectivity index (χ3v) is 5.44. The number of methoxy groups -OCH3 is 1. The summed E-state index contributed by atoms with van der Waals surface area (Å²) in [6, 6.07) is 5.13. The Kier molecular flexibility index (Phi) is 11.1. The fraction of sp³-hybridized carbons (Fsp3) is 0.667. The summed E-state index contributed by atoms with van der Waals surface area (Å²) in [5.41, 5.74) is -1.41. The molecular formula is C24H36F3NO5S. The predicted octanol–water partition coefficient (Wildman–Crippen LogP) is 6.09. The smallest absolute Gasteiger partial charge is 0.408 e. The van der Waals surface area contributed by atoms with E-state index in [1.807, 2.05) is 0 Å². The molecule has 0 fully saturated rings. The number of hydrogen-bond acceptors (Lipinski definition) is 6. The molecule has 1 aromatic rings. The van der Waals surface area contributed by atoms with Crippen molar-refractivity contribution in [1.82, 2.24) is 5.32 Å². The van der Waals surface area contributed by atoms with Gasteiger partial charge in [-0.05, 0) is 72.0 Å². The lowest BCUT2D eigenvalue weighted by Crippen LogP contribution is -2.46. The number of ether oxygens (including phenoxy) is 3. The molecule has 0 heterocycles. The van der Waals surface area contributed by atoms with Crippen molar-refractivity contribution >= 4 is 23.8 Å². The van der Waals surface area contributed by atoms with Crippen LogP contribution in [-0.4, -0.2) is 54.1 Å². The number of thioether (sulfide) groups is 1. The second-order valence-corrected chi connectivity index (χ2v) is 11.0. The molecule has 10 heteroatoms. The third-order valence-electron chi connectivity index (χ3n) is 4.39. The number of alkyl halides is 3. The fourth-order valence-electron chi connectivity index (χ4n) is 3.03. The van der Waals surface area contributed by atoms with Crippen LogP contribution in [0.3, 0.4) is 0 Å². The van der Waals surface area contributed by atoms with E-state index in [0.717, 1.165) is 0 Å². The maximum Gasteiger partial charge on any atom is 0.408 e. The van der Waals surface area contributed by atoms with Crippen LogP contribution in [0.4, 0.5) is 18.0 Å². The van der Waals surface area contributed by atoms with Crippen LogP contribution in [0.1, 0.15) is 65.9 Å². The first kappa shape index (κ1) is 29.9. The highest BCUT2D eigenvalue weighted by molar-refractivity contribution is 7.99. The third kappa shape index (κ3) is 11.4. The van der Waals surface area contributed by atoms with E-state index in [-0.39, 0.29) is 29.9 Å². The van der Waals surface area contributed by atoms with Gasteiger partial charge in [0.25, 0.3) is 0 Å². The number of carbonyl (C=O) groups excluding carboxylic acids is 2. The summed E-state index contributed by atoms with van der Waals surface area (Å²) in [6.07, 6.45) is -5.15. The number of benzene rings is 1. The number of para-hydroxylation sites is 1. The van der Waals surface area contributed by atoms with Gasteiger partial charge in [0.1, 0.15) is 23.0 Å². The van der Waals surface area contributed by atoms with Gasteiger partial charge in [-0.2, -0.15) is 24.9 Å². The van der Waals surface area contributed by atoms with E-state index >= 15 is 0 Å². The summed E-state index contributed by atoms with van der Waals surface area (Å²) in [7, 11) is 1.34. The molecule has 0 aromatic heterocycles. The van der Waals surface area contributed by atoms with Gasteiger partial charge in [-0.25, -0.2) is 9.59 Å². The monoisotopic (exact) mass is 507 g/mol. The van der Waals surface area contributed by atoms with Gasteiger partial charge < -0.3 is 19.5 Å². The standard InChI is InChI=1S/C24H36F3NO5S/c1-22(2,3)32-20(29)18(28-21(30)33-23(4,5)6)13-15-34-14-12-17(24(25,26)27)16-10-8-9-11-19(16)31-7/h8-11,17-18H,12-15H2,1-7H3,(H,28,30)/t17?,18-/m0/s1. The lowest BCUT2D eigenvalue weighted by Gasteiger charge is -2.26. The minimum absolute atomic E-state index is 0.0938. The quantitative estimate of drug-likeness (QED) is 0.305. The molecule has 1 unspecified atom stereocenters. The molecule has 34 heavy (non-hydrogen) atoms. The van der Waals surface area contributed by atoms with Crippen LogP contribution < -0.4 is 10.1 Å². The average Bonchev–Trinajstić information content (AvgIpc) is 2.66. The number of alkyl carbamates (subject to hydrolysis) is 1. The SMILES string of the molecule is COc1ccccc1C(CCSCC[C@H](NC(=O)OC(C)(C)C)C(=O)OC(C)(C)C)C(F)(F)F. The van der Waals surface area contributed by atoms with E-state index in [1.165, 1.54) is 31.0 Å². The van der Waals surface area contributed by atoms with Crippen molar-refractivity contribution in [3.8, 4) is 5.75 Å². The number of amides is 1. The minimum atomic E-state index is -4.42. The molecule has 0 aliphatic carbocycles. The van der Waals surface area contributed by atoms with Crippen molar-refractivity contribution in [2.75, 3.05) is 18.6 Å². The molecule has 6 nitrogen and oxygen atoms in total. The predicted molar refractivity (Wildman–Crippen MR) is 127 cm³/mol. The molecule has 2 atom stereocenters. The zero-order valence-corrected chi connectivity index (χ0v) is 21.7. The van der Waals surface area contributed by atoms with Crippen LogP contribution in [0.2, 0.25) is 0 Å². The van der Waals surface area contributed by atoms with Gasteiger partial charge in [0.15, 0.2) is 0 Å².